The number of anilines is 1. The third-order valence-corrected chi connectivity index (χ3v) is 4.58. The number of nitrogens with zero attached hydrogens (tertiary/aromatic N) is 1. The van der Waals surface area contributed by atoms with Crippen LogP contribution in [0, 0.1) is 6.92 Å². The molecular weight excluding hydrogens is 347 g/mol. The SMILES string of the molecule is CC(=O)N[C@@H]1C(=O)N(Cc2ccc(Cl)cc2Cl)c2ccc(C)cc21. The molecule has 0 saturated heterocycles. The highest BCUT2D eigenvalue weighted by Gasteiger charge is 2.38. The van der Waals surface area contributed by atoms with Gasteiger partial charge in [0, 0.05) is 28.2 Å². The fourth-order valence-electron chi connectivity index (χ4n) is 2.88. The van der Waals surface area contributed by atoms with Gasteiger partial charge >= 0.3 is 0 Å². The Labute approximate surface area is 150 Å². The Morgan fingerprint density at radius 2 is 1.96 bits per heavy atom. The van der Waals surface area contributed by atoms with Crippen molar-refractivity contribution in [2.24, 2.45) is 0 Å². The van der Waals surface area contributed by atoms with Crippen LogP contribution in [0.3, 0.4) is 0 Å². The Balaban J connectivity index is 1.99. The van der Waals surface area contributed by atoms with E-state index in [1.54, 1.807) is 23.1 Å². The van der Waals surface area contributed by atoms with Crippen molar-refractivity contribution < 1.29 is 9.59 Å². The molecule has 124 valence electrons. The van der Waals surface area contributed by atoms with Crippen LogP contribution < -0.4 is 10.2 Å². The summed E-state index contributed by atoms with van der Waals surface area (Å²) in [5.41, 5.74) is 3.42. The maximum atomic E-state index is 12.8. The van der Waals surface area contributed by atoms with Crippen LogP contribution in [0.2, 0.25) is 10.0 Å². The first-order chi connectivity index (χ1) is 11.4. The third-order valence-electron chi connectivity index (χ3n) is 3.99. The van der Waals surface area contributed by atoms with Crippen molar-refractivity contribution in [2.45, 2.75) is 26.4 Å². The zero-order chi connectivity index (χ0) is 17.4. The second-order valence-electron chi connectivity index (χ2n) is 5.86. The predicted octanol–water partition coefficient (Wildman–Crippen LogP) is 4.03. The molecule has 0 bridgehead atoms. The zero-order valence-corrected chi connectivity index (χ0v) is 14.8. The van der Waals surface area contributed by atoms with E-state index >= 15 is 0 Å². The molecule has 1 atom stereocenters. The minimum Gasteiger partial charge on any atom is -0.341 e. The van der Waals surface area contributed by atoms with E-state index in [1.807, 2.05) is 25.1 Å². The van der Waals surface area contributed by atoms with E-state index in [2.05, 4.69) is 5.32 Å². The van der Waals surface area contributed by atoms with E-state index in [0.717, 1.165) is 22.4 Å². The number of halogens is 2. The lowest BCUT2D eigenvalue weighted by molar-refractivity contribution is -0.126. The van der Waals surface area contributed by atoms with Gasteiger partial charge in [-0.05, 0) is 30.7 Å². The third kappa shape index (κ3) is 3.12. The number of rotatable bonds is 3. The molecular formula is C18H16Cl2N2O2. The van der Waals surface area contributed by atoms with E-state index in [9.17, 15) is 9.59 Å². The summed E-state index contributed by atoms with van der Waals surface area (Å²) in [5, 5.41) is 3.78. The number of benzene rings is 2. The average molecular weight is 363 g/mol. The highest BCUT2D eigenvalue weighted by atomic mass is 35.5. The Bertz CT molecular complexity index is 836. The average Bonchev–Trinajstić information content (AvgIpc) is 2.74. The highest BCUT2D eigenvalue weighted by molar-refractivity contribution is 6.35. The molecule has 1 heterocycles. The van der Waals surface area contributed by atoms with Crippen LogP contribution in [0.5, 0.6) is 0 Å². The number of nitrogens with one attached hydrogen (secondary N) is 1. The minimum atomic E-state index is -0.663. The van der Waals surface area contributed by atoms with Gasteiger partial charge in [0.05, 0.1) is 6.54 Å². The molecule has 0 radical (unpaired) electrons. The molecule has 1 N–H and O–H groups in total. The molecule has 24 heavy (non-hydrogen) atoms. The molecule has 0 saturated carbocycles. The number of hydrogen-bond acceptors (Lipinski definition) is 2. The first-order valence-corrected chi connectivity index (χ1v) is 8.25. The van der Waals surface area contributed by atoms with Crippen molar-refractivity contribution >= 4 is 40.7 Å². The van der Waals surface area contributed by atoms with Gasteiger partial charge in [0.2, 0.25) is 5.91 Å². The van der Waals surface area contributed by atoms with Gasteiger partial charge in [-0.1, -0.05) is 47.0 Å². The molecule has 1 aliphatic heterocycles. The topological polar surface area (TPSA) is 49.4 Å². The van der Waals surface area contributed by atoms with E-state index in [4.69, 9.17) is 23.2 Å². The highest BCUT2D eigenvalue weighted by Crippen LogP contribution is 2.38. The summed E-state index contributed by atoms with van der Waals surface area (Å²) in [6, 6.07) is 10.3. The molecule has 2 amide bonds. The molecule has 6 heteroatoms. The fraction of sp³-hybridized carbons (Fsp3) is 0.222. The van der Waals surface area contributed by atoms with Crippen LogP contribution in [0.25, 0.3) is 0 Å². The second kappa shape index (κ2) is 6.46. The molecule has 1 aliphatic rings. The number of aryl methyl sites for hydroxylation is 1. The van der Waals surface area contributed by atoms with Crippen molar-refractivity contribution in [2.75, 3.05) is 4.90 Å². The van der Waals surface area contributed by atoms with Crippen molar-refractivity contribution in [3.05, 3.63) is 63.1 Å². The van der Waals surface area contributed by atoms with Gasteiger partial charge in [-0.2, -0.15) is 0 Å². The Hall–Kier alpha value is -2.04. The summed E-state index contributed by atoms with van der Waals surface area (Å²) < 4.78 is 0. The van der Waals surface area contributed by atoms with Gasteiger partial charge in [0.15, 0.2) is 0 Å². The van der Waals surface area contributed by atoms with E-state index in [0.29, 0.717) is 16.6 Å². The maximum Gasteiger partial charge on any atom is 0.254 e. The number of hydrogen-bond donors (Lipinski definition) is 1. The zero-order valence-electron chi connectivity index (χ0n) is 13.3. The molecule has 0 fully saturated rings. The quantitative estimate of drug-likeness (QED) is 0.895. The van der Waals surface area contributed by atoms with Gasteiger partial charge < -0.3 is 10.2 Å². The predicted molar refractivity (Wildman–Crippen MR) is 95.4 cm³/mol. The lowest BCUT2D eigenvalue weighted by atomic mass is 10.1. The lowest BCUT2D eigenvalue weighted by Gasteiger charge is -2.19. The summed E-state index contributed by atoms with van der Waals surface area (Å²) in [6.45, 7) is 3.68. The van der Waals surface area contributed by atoms with Crippen LogP contribution in [0.1, 0.15) is 29.7 Å². The van der Waals surface area contributed by atoms with Crippen LogP contribution >= 0.6 is 23.2 Å². The smallest absolute Gasteiger partial charge is 0.254 e. The molecule has 2 aromatic rings. The van der Waals surface area contributed by atoms with Crippen molar-refractivity contribution in [3.8, 4) is 0 Å². The van der Waals surface area contributed by atoms with E-state index < -0.39 is 6.04 Å². The number of carbonyl (C=O) groups is 2. The molecule has 0 spiro atoms. The number of carbonyl (C=O) groups excluding carboxylic acids is 2. The summed E-state index contributed by atoms with van der Waals surface area (Å²) >= 11 is 12.2. The Kier molecular flexibility index (Phi) is 4.52. The first-order valence-electron chi connectivity index (χ1n) is 7.50. The van der Waals surface area contributed by atoms with Gasteiger partial charge in [0.25, 0.3) is 5.91 Å². The maximum absolute atomic E-state index is 12.8. The largest absolute Gasteiger partial charge is 0.341 e. The Morgan fingerprint density at radius 1 is 1.21 bits per heavy atom. The van der Waals surface area contributed by atoms with Crippen LogP contribution in [-0.4, -0.2) is 11.8 Å². The Morgan fingerprint density at radius 3 is 2.62 bits per heavy atom. The molecule has 0 aliphatic carbocycles. The van der Waals surface area contributed by atoms with Gasteiger partial charge in [-0.25, -0.2) is 0 Å². The molecule has 0 aromatic heterocycles. The van der Waals surface area contributed by atoms with Crippen molar-refractivity contribution in [1.29, 1.82) is 0 Å². The standard InChI is InChI=1S/C18H16Cl2N2O2/c1-10-3-6-16-14(7-10)17(21-11(2)23)18(24)22(16)9-12-4-5-13(19)8-15(12)20/h3-8,17H,9H2,1-2H3,(H,21,23)/t17-/m0/s1. The minimum absolute atomic E-state index is 0.170. The van der Waals surface area contributed by atoms with E-state index in [-0.39, 0.29) is 11.8 Å². The van der Waals surface area contributed by atoms with Gasteiger partial charge in [0.1, 0.15) is 6.04 Å². The first kappa shape index (κ1) is 16.8. The molecule has 2 aromatic carbocycles. The van der Waals surface area contributed by atoms with Crippen molar-refractivity contribution in [1.82, 2.24) is 5.32 Å². The van der Waals surface area contributed by atoms with Crippen LogP contribution in [0.4, 0.5) is 5.69 Å². The molecule has 4 nitrogen and oxygen atoms in total. The van der Waals surface area contributed by atoms with Gasteiger partial charge in [-0.15, -0.1) is 0 Å². The van der Waals surface area contributed by atoms with Crippen molar-refractivity contribution in [3.63, 3.8) is 0 Å². The van der Waals surface area contributed by atoms with Crippen LogP contribution in [0.15, 0.2) is 36.4 Å². The summed E-state index contributed by atoms with van der Waals surface area (Å²) in [7, 11) is 0. The van der Waals surface area contributed by atoms with Crippen LogP contribution in [-0.2, 0) is 16.1 Å². The fourth-order valence-corrected chi connectivity index (χ4v) is 3.35. The van der Waals surface area contributed by atoms with E-state index in [1.165, 1.54) is 6.92 Å². The number of amides is 2. The lowest BCUT2D eigenvalue weighted by Crippen LogP contribution is -2.36. The second-order valence-corrected chi connectivity index (χ2v) is 6.70. The normalized spacial score (nSPS) is 16.2. The monoisotopic (exact) mass is 362 g/mol. The molecule has 0 unspecified atom stereocenters. The molecule has 3 rings (SSSR count). The van der Waals surface area contributed by atoms with Gasteiger partial charge in [-0.3, -0.25) is 9.59 Å². The number of fused-ring (bicyclic) bond motifs is 1. The summed E-state index contributed by atoms with van der Waals surface area (Å²) in [6.07, 6.45) is 0. The summed E-state index contributed by atoms with van der Waals surface area (Å²) in [5.74, 6) is -0.413. The summed E-state index contributed by atoms with van der Waals surface area (Å²) in [4.78, 5) is 26.0.